The van der Waals surface area contributed by atoms with Gasteiger partial charge in [0.25, 0.3) is 0 Å². The first kappa shape index (κ1) is 14.5. The second-order valence-corrected chi connectivity index (χ2v) is 4.96. The summed E-state index contributed by atoms with van der Waals surface area (Å²) in [4.78, 5) is 7.61. The molecule has 0 spiro atoms. The molecule has 7 heteroatoms. The van der Waals surface area contributed by atoms with Gasteiger partial charge in [0.2, 0.25) is 5.95 Å². The van der Waals surface area contributed by atoms with Crippen molar-refractivity contribution in [1.82, 2.24) is 15.3 Å². The van der Waals surface area contributed by atoms with Crippen LogP contribution in [0, 0.1) is 0 Å². The first-order chi connectivity index (χ1) is 10.4. The molecule has 22 heavy (non-hydrogen) atoms. The van der Waals surface area contributed by atoms with Gasteiger partial charge in [-0.2, -0.15) is 13.2 Å². The van der Waals surface area contributed by atoms with Crippen molar-refractivity contribution in [2.24, 2.45) is 0 Å². The van der Waals surface area contributed by atoms with Gasteiger partial charge in [0, 0.05) is 18.7 Å². The van der Waals surface area contributed by atoms with Crippen LogP contribution in [-0.4, -0.2) is 23.1 Å². The van der Waals surface area contributed by atoms with Crippen molar-refractivity contribution in [3.63, 3.8) is 0 Å². The Kier molecular flexibility index (Phi) is 3.58. The number of halogens is 3. The van der Waals surface area contributed by atoms with Gasteiger partial charge in [-0.15, -0.1) is 0 Å². The number of hydrogen-bond donors (Lipinski definition) is 2. The summed E-state index contributed by atoms with van der Waals surface area (Å²) < 4.78 is 40.6. The molecule has 3 rings (SSSR count). The Labute approximate surface area is 124 Å². The van der Waals surface area contributed by atoms with Gasteiger partial charge in [-0.05, 0) is 11.6 Å². The number of nitrogens with zero attached hydrogens (tertiary/aromatic N) is 2. The van der Waals surface area contributed by atoms with Crippen LogP contribution >= 0.6 is 0 Å². The predicted octanol–water partition coefficient (Wildman–Crippen LogP) is 2.73. The molecule has 0 unspecified atom stereocenters. The lowest BCUT2D eigenvalue weighted by molar-refractivity contribution is -0.137. The Morgan fingerprint density at radius 2 is 1.77 bits per heavy atom. The van der Waals surface area contributed by atoms with Crippen LogP contribution in [0.25, 0.3) is 17.3 Å². The minimum absolute atomic E-state index is 0.175. The fourth-order valence-electron chi connectivity index (χ4n) is 2.25. The highest BCUT2D eigenvalue weighted by Crippen LogP contribution is 2.39. The molecule has 1 saturated heterocycles. The van der Waals surface area contributed by atoms with E-state index >= 15 is 0 Å². The first-order valence-corrected chi connectivity index (χ1v) is 6.65. The highest BCUT2D eigenvalue weighted by Gasteiger charge is 2.38. The van der Waals surface area contributed by atoms with Crippen LogP contribution in [0.4, 0.5) is 19.1 Å². The molecular formula is C15H13F3N4. The van der Waals surface area contributed by atoms with Crippen LogP contribution < -0.4 is 11.1 Å². The van der Waals surface area contributed by atoms with E-state index in [-0.39, 0.29) is 17.3 Å². The highest BCUT2D eigenvalue weighted by molar-refractivity contribution is 5.71. The molecule has 114 valence electrons. The van der Waals surface area contributed by atoms with E-state index in [2.05, 4.69) is 15.3 Å². The minimum Gasteiger partial charge on any atom is -0.368 e. The van der Waals surface area contributed by atoms with Crippen molar-refractivity contribution < 1.29 is 13.2 Å². The van der Waals surface area contributed by atoms with Crippen LogP contribution in [0.15, 0.2) is 35.9 Å². The van der Waals surface area contributed by atoms with Crippen molar-refractivity contribution in [2.75, 3.05) is 18.8 Å². The molecule has 0 aliphatic carbocycles. The van der Waals surface area contributed by atoms with E-state index in [1.54, 1.807) is 30.3 Å². The van der Waals surface area contributed by atoms with Crippen molar-refractivity contribution in [1.29, 1.82) is 0 Å². The van der Waals surface area contributed by atoms with Gasteiger partial charge < -0.3 is 11.1 Å². The SMILES string of the molecule is Nc1nc(C=C2CNC2)c(C(F)(F)F)c(-c2ccccc2)n1. The van der Waals surface area contributed by atoms with Gasteiger partial charge >= 0.3 is 6.18 Å². The Morgan fingerprint density at radius 3 is 2.32 bits per heavy atom. The fourth-order valence-corrected chi connectivity index (χ4v) is 2.25. The Bertz CT molecular complexity index is 718. The molecule has 0 saturated carbocycles. The summed E-state index contributed by atoms with van der Waals surface area (Å²) in [6.45, 7) is 1.11. The lowest BCUT2D eigenvalue weighted by Gasteiger charge is -2.20. The molecule has 1 aliphatic rings. The number of anilines is 1. The van der Waals surface area contributed by atoms with E-state index in [1.165, 1.54) is 6.08 Å². The maximum Gasteiger partial charge on any atom is 0.420 e. The zero-order chi connectivity index (χ0) is 15.7. The van der Waals surface area contributed by atoms with Gasteiger partial charge in [0.1, 0.15) is 5.56 Å². The van der Waals surface area contributed by atoms with Gasteiger partial charge in [-0.3, -0.25) is 0 Å². The summed E-state index contributed by atoms with van der Waals surface area (Å²) in [6, 6.07) is 8.17. The number of nitrogens with one attached hydrogen (secondary N) is 1. The normalized spacial score (nSPS) is 14.6. The molecule has 1 aromatic heterocycles. The molecule has 0 atom stereocenters. The molecule has 4 nitrogen and oxygen atoms in total. The first-order valence-electron chi connectivity index (χ1n) is 6.65. The van der Waals surface area contributed by atoms with Crippen LogP contribution in [-0.2, 0) is 6.18 Å². The Hall–Kier alpha value is -2.41. The monoisotopic (exact) mass is 306 g/mol. The average Bonchev–Trinajstić information content (AvgIpc) is 2.42. The topological polar surface area (TPSA) is 63.8 Å². The van der Waals surface area contributed by atoms with E-state index in [4.69, 9.17) is 5.73 Å². The van der Waals surface area contributed by atoms with Crippen molar-refractivity contribution in [2.45, 2.75) is 6.18 Å². The van der Waals surface area contributed by atoms with E-state index in [0.717, 1.165) is 5.57 Å². The number of hydrogen-bond acceptors (Lipinski definition) is 4. The largest absolute Gasteiger partial charge is 0.420 e. The molecule has 3 N–H and O–H groups in total. The van der Waals surface area contributed by atoms with Crippen molar-refractivity contribution in [3.8, 4) is 11.3 Å². The van der Waals surface area contributed by atoms with Gasteiger partial charge in [-0.1, -0.05) is 30.3 Å². The third kappa shape index (κ3) is 2.80. The molecular weight excluding hydrogens is 293 g/mol. The lowest BCUT2D eigenvalue weighted by Crippen LogP contribution is -2.33. The highest BCUT2D eigenvalue weighted by atomic mass is 19.4. The van der Waals surface area contributed by atoms with E-state index in [0.29, 0.717) is 18.7 Å². The number of benzene rings is 1. The molecule has 2 heterocycles. The third-order valence-corrected chi connectivity index (χ3v) is 3.33. The number of nitrogens with two attached hydrogens (primary N) is 1. The zero-order valence-electron chi connectivity index (χ0n) is 11.5. The Balaban J connectivity index is 2.24. The standard InChI is InChI=1S/C15H13F3N4/c16-15(17,18)12-11(6-9-7-20-8-9)21-14(19)22-13(12)10-4-2-1-3-5-10/h1-6,20H,7-8H2,(H2,19,21,22). The predicted molar refractivity (Wildman–Crippen MR) is 77.7 cm³/mol. The van der Waals surface area contributed by atoms with E-state index < -0.39 is 11.7 Å². The maximum atomic E-state index is 13.5. The van der Waals surface area contributed by atoms with Gasteiger partial charge in [-0.25, -0.2) is 9.97 Å². The van der Waals surface area contributed by atoms with Crippen LogP contribution in [0.3, 0.4) is 0 Å². The molecule has 0 radical (unpaired) electrons. The minimum atomic E-state index is -4.57. The molecule has 0 bridgehead atoms. The van der Waals surface area contributed by atoms with Gasteiger partial charge in [0.15, 0.2) is 0 Å². The third-order valence-electron chi connectivity index (χ3n) is 3.33. The van der Waals surface area contributed by atoms with Crippen molar-refractivity contribution in [3.05, 3.63) is 47.2 Å². The summed E-state index contributed by atoms with van der Waals surface area (Å²) in [5, 5.41) is 2.98. The van der Waals surface area contributed by atoms with Crippen LogP contribution in [0.1, 0.15) is 11.3 Å². The van der Waals surface area contributed by atoms with Crippen LogP contribution in [0.2, 0.25) is 0 Å². The lowest BCUT2D eigenvalue weighted by atomic mass is 10.0. The number of nitrogen functional groups attached to an aromatic ring is 1. The summed E-state index contributed by atoms with van der Waals surface area (Å²) in [6.07, 6.45) is -3.13. The molecule has 0 amide bonds. The van der Waals surface area contributed by atoms with Crippen LogP contribution in [0.5, 0.6) is 0 Å². The molecule has 1 fully saturated rings. The van der Waals surface area contributed by atoms with Crippen molar-refractivity contribution >= 4 is 12.0 Å². The van der Waals surface area contributed by atoms with E-state index in [1.807, 2.05) is 0 Å². The maximum absolute atomic E-state index is 13.5. The quantitative estimate of drug-likeness (QED) is 0.895. The summed E-state index contributed by atoms with van der Waals surface area (Å²) in [5.74, 6) is -0.175. The Morgan fingerprint density at radius 1 is 1.09 bits per heavy atom. The molecule has 2 aromatic rings. The molecule has 1 aliphatic heterocycles. The number of alkyl halides is 3. The average molecular weight is 306 g/mol. The van der Waals surface area contributed by atoms with E-state index in [9.17, 15) is 13.2 Å². The summed E-state index contributed by atoms with van der Waals surface area (Å²) >= 11 is 0. The number of rotatable bonds is 2. The second kappa shape index (κ2) is 5.42. The fraction of sp³-hybridized carbons (Fsp3) is 0.200. The smallest absolute Gasteiger partial charge is 0.368 e. The summed E-state index contributed by atoms with van der Waals surface area (Å²) in [5.41, 5.74) is 5.58. The second-order valence-electron chi connectivity index (χ2n) is 4.96. The summed E-state index contributed by atoms with van der Waals surface area (Å²) in [7, 11) is 0. The zero-order valence-corrected chi connectivity index (χ0v) is 11.5. The number of aromatic nitrogens is 2. The van der Waals surface area contributed by atoms with Gasteiger partial charge in [0.05, 0.1) is 11.4 Å². The molecule has 1 aromatic carbocycles.